The molecule has 0 aliphatic heterocycles. The van der Waals surface area contributed by atoms with Crippen molar-refractivity contribution in [3.05, 3.63) is 52.8 Å². The fraction of sp³-hybridized carbons (Fsp3) is 0.312. The summed E-state index contributed by atoms with van der Waals surface area (Å²) in [6.07, 6.45) is 4.81. The van der Waals surface area contributed by atoms with Crippen molar-refractivity contribution in [3.8, 4) is 5.75 Å². The molecular formula is C16H18BrNO3. The summed E-state index contributed by atoms with van der Waals surface area (Å²) in [5.74, 6) is 0.408. The van der Waals surface area contributed by atoms with E-state index in [4.69, 9.17) is 9.47 Å². The van der Waals surface area contributed by atoms with E-state index in [2.05, 4.69) is 15.9 Å². The van der Waals surface area contributed by atoms with Crippen molar-refractivity contribution in [3.63, 3.8) is 0 Å². The van der Waals surface area contributed by atoms with Crippen molar-refractivity contribution in [2.45, 2.75) is 19.9 Å². The average molecular weight is 352 g/mol. The number of halogens is 1. The predicted molar refractivity (Wildman–Crippen MR) is 84.6 cm³/mol. The van der Waals surface area contributed by atoms with Gasteiger partial charge in [-0.2, -0.15) is 0 Å². The normalized spacial score (nSPS) is 10.4. The van der Waals surface area contributed by atoms with Gasteiger partial charge in [-0.05, 0) is 52.7 Å². The molecule has 0 aliphatic carbocycles. The molecular weight excluding hydrogens is 334 g/mol. The van der Waals surface area contributed by atoms with Crippen LogP contribution in [0.25, 0.3) is 0 Å². The Morgan fingerprint density at radius 1 is 1.24 bits per heavy atom. The Hall–Kier alpha value is -1.75. The number of hydrogen-bond donors (Lipinski definition) is 0. The summed E-state index contributed by atoms with van der Waals surface area (Å²) in [6.45, 7) is 3.69. The lowest BCUT2D eigenvalue weighted by atomic mass is 10.2. The van der Waals surface area contributed by atoms with Crippen LogP contribution in [0.1, 0.15) is 23.7 Å². The fourth-order valence-corrected chi connectivity index (χ4v) is 2.30. The molecule has 0 spiro atoms. The van der Waals surface area contributed by atoms with E-state index < -0.39 is 0 Å². The van der Waals surface area contributed by atoms with Crippen LogP contribution in [0, 0.1) is 0 Å². The minimum Gasteiger partial charge on any atom is -0.492 e. The highest BCUT2D eigenvalue weighted by molar-refractivity contribution is 9.10. The Bertz CT molecular complexity index is 581. The van der Waals surface area contributed by atoms with Gasteiger partial charge in [0, 0.05) is 12.4 Å². The molecule has 0 radical (unpaired) electrons. The number of nitrogens with zero attached hydrogens (tertiary/aromatic N) is 1. The lowest BCUT2D eigenvalue weighted by molar-refractivity contribution is 0.0491. The van der Waals surface area contributed by atoms with E-state index in [0.29, 0.717) is 25.3 Å². The minimum absolute atomic E-state index is 0.329. The summed E-state index contributed by atoms with van der Waals surface area (Å²) in [6, 6.07) is 9.10. The van der Waals surface area contributed by atoms with E-state index in [-0.39, 0.29) is 5.97 Å². The summed E-state index contributed by atoms with van der Waals surface area (Å²) in [4.78, 5) is 12.0. The molecule has 1 aromatic carbocycles. The fourth-order valence-electron chi connectivity index (χ4n) is 1.80. The van der Waals surface area contributed by atoms with Crippen LogP contribution in [-0.2, 0) is 11.3 Å². The highest BCUT2D eigenvalue weighted by atomic mass is 79.9. The molecule has 5 heteroatoms. The lowest BCUT2D eigenvalue weighted by Gasteiger charge is -2.09. The molecule has 0 unspecified atom stereocenters. The maximum atomic E-state index is 12.0. The number of hydrogen-bond acceptors (Lipinski definition) is 3. The van der Waals surface area contributed by atoms with Gasteiger partial charge in [-0.1, -0.05) is 6.92 Å². The molecule has 0 aliphatic rings. The second-order valence-corrected chi connectivity index (χ2v) is 5.40. The zero-order valence-corrected chi connectivity index (χ0v) is 13.5. The molecule has 0 bridgehead atoms. The third-order valence-electron chi connectivity index (χ3n) is 2.88. The van der Waals surface area contributed by atoms with Gasteiger partial charge in [0.1, 0.15) is 12.4 Å². The smallest absolute Gasteiger partial charge is 0.338 e. The Kier molecular flexibility index (Phi) is 5.87. The van der Waals surface area contributed by atoms with E-state index >= 15 is 0 Å². The van der Waals surface area contributed by atoms with Gasteiger partial charge >= 0.3 is 5.97 Å². The monoisotopic (exact) mass is 351 g/mol. The van der Waals surface area contributed by atoms with Crippen LogP contribution < -0.4 is 4.74 Å². The van der Waals surface area contributed by atoms with Gasteiger partial charge in [-0.15, -0.1) is 0 Å². The molecule has 0 saturated carbocycles. The SMILES string of the molecule is CCCOc1ccc(C(=O)OCCn2cccc2)cc1Br. The number of ether oxygens (including phenoxy) is 2. The first-order valence-corrected chi connectivity index (χ1v) is 7.70. The van der Waals surface area contributed by atoms with Crippen LogP contribution in [0.5, 0.6) is 5.75 Å². The first-order chi connectivity index (χ1) is 10.2. The first kappa shape index (κ1) is 15.6. The first-order valence-electron chi connectivity index (χ1n) is 6.91. The third-order valence-corrected chi connectivity index (χ3v) is 3.50. The van der Waals surface area contributed by atoms with Gasteiger partial charge in [0.25, 0.3) is 0 Å². The van der Waals surface area contributed by atoms with Crippen molar-refractivity contribution < 1.29 is 14.3 Å². The molecule has 1 heterocycles. The number of aromatic nitrogens is 1. The standard InChI is InChI=1S/C16H18BrNO3/c1-2-10-20-15-6-5-13(12-14(15)17)16(19)21-11-9-18-7-3-4-8-18/h3-8,12H,2,9-11H2,1H3. The number of carbonyl (C=O) groups excluding carboxylic acids is 1. The van der Waals surface area contributed by atoms with Crippen molar-refractivity contribution in [1.29, 1.82) is 0 Å². The van der Waals surface area contributed by atoms with Crippen LogP contribution in [-0.4, -0.2) is 23.8 Å². The van der Waals surface area contributed by atoms with Gasteiger partial charge in [0.15, 0.2) is 0 Å². The number of benzene rings is 1. The van der Waals surface area contributed by atoms with Crippen LogP contribution >= 0.6 is 15.9 Å². The summed E-state index contributed by atoms with van der Waals surface area (Å²) in [5, 5.41) is 0. The predicted octanol–water partition coefficient (Wildman–Crippen LogP) is 3.90. The van der Waals surface area contributed by atoms with Gasteiger partial charge in [0.2, 0.25) is 0 Å². The van der Waals surface area contributed by atoms with E-state index in [9.17, 15) is 4.79 Å². The quantitative estimate of drug-likeness (QED) is 0.710. The lowest BCUT2D eigenvalue weighted by Crippen LogP contribution is -2.10. The molecule has 0 atom stereocenters. The number of esters is 1. The minimum atomic E-state index is -0.329. The van der Waals surface area contributed by atoms with Crippen molar-refractivity contribution in [2.24, 2.45) is 0 Å². The maximum absolute atomic E-state index is 12.0. The highest BCUT2D eigenvalue weighted by Gasteiger charge is 2.10. The molecule has 0 amide bonds. The van der Waals surface area contributed by atoms with Gasteiger partial charge in [-0.25, -0.2) is 4.79 Å². The third kappa shape index (κ3) is 4.63. The van der Waals surface area contributed by atoms with Gasteiger partial charge in [0.05, 0.1) is 23.2 Å². The van der Waals surface area contributed by atoms with Crippen LogP contribution in [0.4, 0.5) is 0 Å². The molecule has 0 fully saturated rings. The summed E-state index contributed by atoms with van der Waals surface area (Å²) in [5.41, 5.74) is 0.512. The van der Waals surface area contributed by atoms with Crippen molar-refractivity contribution >= 4 is 21.9 Å². The van der Waals surface area contributed by atoms with Crippen molar-refractivity contribution in [1.82, 2.24) is 4.57 Å². The van der Waals surface area contributed by atoms with E-state index in [0.717, 1.165) is 16.6 Å². The second kappa shape index (κ2) is 7.88. The molecule has 1 aromatic heterocycles. The van der Waals surface area contributed by atoms with E-state index in [1.807, 2.05) is 36.0 Å². The molecule has 2 rings (SSSR count). The van der Waals surface area contributed by atoms with Gasteiger partial charge in [-0.3, -0.25) is 0 Å². The average Bonchev–Trinajstić information content (AvgIpc) is 2.99. The van der Waals surface area contributed by atoms with Crippen molar-refractivity contribution in [2.75, 3.05) is 13.2 Å². The number of carbonyl (C=O) groups is 1. The largest absolute Gasteiger partial charge is 0.492 e. The molecule has 4 nitrogen and oxygen atoms in total. The maximum Gasteiger partial charge on any atom is 0.338 e. The topological polar surface area (TPSA) is 40.5 Å². The van der Waals surface area contributed by atoms with Crippen LogP contribution in [0.15, 0.2) is 47.2 Å². The Labute approximate surface area is 132 Å². The molecule has 2 aromatic rings. The summed E-state index contributed by atoms with van der Waals surface area (Å²) >= 11 is 3.41. The van der Waals surface area contributed by atoms with E-state index in [1.54, 1.807) is 18.2 Å². The van der Waals surface area contributed by atoms with Crippen LogP contribution in [0.2, 0.25) is 0 Å². The van der Waals surface area contributed by atoms with Crippen LogP contribution in [0.3, 0.4) is 0 Å². The molecule has 0 N–H and O–H groups in total. The number of rotatable bonds is 7. The van der Waals surface area contributed by atoms with E-state index in [1.165, 1.54) is 0 Å². The van der Waals surface area contributed by atoms with Gasteiger partial charge < -0.3 is 14.0 Å². The second-order valence-electron chi connectivity index (χ2n) is 4.55. The zero-order valence-electron chi connectivity index (χ0n) is 11.9. The molecule has 112 valence electrons. The zero-order chi connectivity index (χ0) is 15.1. The summed E-state index contributed by atoms with van der Waals surface area (Å²) < 4.78 is 13.5. The molecule has 21 heavy (non-hydrogen) atoms. The molecule has 0 saturated heterocycles. The highest BCUT2D eigenvalue weighted by Crippen LogP contribution is 2.26. The Balaban J connectivity index is 1.88. The Morgan fingerprint density at radius 2 is 2.00 bits per heavy atom. The summed E-state index contributed by atoms with van der Waals surface area (Å²) in [7, 11) is 0. The Morgan fingerprint density at radius 3 is 2.67 bits per heavy atom.